The van der Waals surface area contributed by atoms with Crippen molar-refractivity contribution < 1.29 is 9.84 Å². The number of rotatable bonds is 4. The number of aliphatic hydroxyl groups excluding tert-OH is 1. The molecule has 0 fully saturated rings. The van der Waals surface area contributed by atoms with E-state index in [2.05, 4.69) is 4.98 Å². The molecule has 2 aromatic carbocycles. The van der Waals surface area contributed by atoms with Gasteiger partial charge in [-0.25, -0.2) is 4.98 Å². The minimum atomic E-state index is -0.0175. The van der Waals surface area contributed by atoms with Crippen LogP contribution in [0.1, 0.15) is 5.56 Å². The molecule has 3 rings (SSSR count). The van der Waals surface area contributed by atoms with Gasteiger partial charge in [0.15, 0.2) is 0 Å². The summed E-state index contributed by atoms with van der Waals surface area (Å²) in [6, 6.07) is 17.7. The van der Waals surface area contributed by atoms with Gasteiger partial charge < -0.3 is 9.84 Å². The average molecular weight is 297 g/mol. The Kier molecular flexibility index (Phi) is 4.08. The zero-order valence-electron chi connectivity index (χ0n) is 11.6. The van der Waals surface area contributed by atoms with E-state index < -0.39 is 0 Å². The molecule has 0 unspecified atom stereocenters. The summed E-state index contributed by atoms with van der Waals surface area (Å²) in [5, 5.41) is 11.4. The maximum Gasteiger partial charge on any atom is 0.118 e. The molecule has 0 saturated carbocycles. The van der Waals surface area contributed by atoms with Gasteiger partial charge in [-0.2, -0.15) is 0 Å². The fourth-order valence-corrected chi connectivity index (χ4v) is 2.99. The van der Waals surface area contributed by atoms with Crippen LogP contribution in [0.2, 0.25) is 0 Å². The van der Waals surface area contributed by atoms with Crippen molar-refractivity contribution >= 4 is 22.7 Å². The van der Waals surface area contributed by atoms with Crippen molar-refractivity contribution in [3.8, 4) is 5.75 Å². The second-order valence-electron chi connectivity index (χ2n) is 4.58. The highest BCUT2D eigenvalue weighted by Gasteiger charge is 2.08. The Bertz CT molecular complexity index is 756. The number of ether oxygens (including phenoxy) is 1. The van der Waals surface area contributed by atoms with Crippen molar-refractivity contribution in [3.05, 3.63) is 60.2 Å². The van der Waals surface area contributed by atoms with Gasteiger partial charge >= 0.3 is 0 Å². The van der Waals surface area contributed by atoms with Crippen molar-refractivity contribution in [1.82, 2.24) is 4.98 Å². The van der Waals surface area contributed by atoms with E-state index in [4.69, 9.17) is 4.74 Å². The third-order valence-electron chi connectivity index (χ3n) is 3.21. The zero-order valence-corrected chi connectivity index (χ0v) is 12.4. The van der Waals surface area contributed by atoms with Crippen molar-refractivity contribution in [1.29, 1.82) is 0 Å². The molecule has 4 heteroatoms. The van der Waals surface area contributed by atoms with E-state index in [1.54, 1.807) is 18.9 Å². The van der Waals surface area contributed by atoms with Crippen LogP contribution in [0.25, 0.3) is 10.9 Å². The second kappa shape index (κ2) is 6.16. The monoisotopic (exact) mass is 297 g/mol. The Balaban J connectivity index is 1.97. The first kappa shape index (κ1) is 13.9. The Morgan fingerprint density at radius 2 is 1.86 bits per heavy atom. The van der Waals surface area contributed by atoms with Gasteiger partial charge in [0.25, 0.3) is 0 Å². The summed E-state index contributed by atoms with van der Waals surface area (Å²) in [6.07, 6.45) is 0. The average Bonchev–Trinajstić information content (AvgIpc) is 2.55. The molecule has 1 N–H and O–H groups in total. The number of methoxy groups -OCH3 is 1. The molecule has 0 spiro atoms. The molecular weight excluding hydrogens is 282 g/mol. The smallest absolute Gasteiger partial charge is 0.118 e. The third kappa shape index (κ3) is 3.01. The van der Waals surface area contributed by atoms with E-state index >= 15 is 0 Å². The highest BCUT2D eigenvalue weighted by Crippen LogP contribution is 2.32. The van der Waals surface area contributed by atoms with E-state index in [1.807, 2.05) is 54.6 Å². The third-order valence-corrected chi connectivity index (χ3v) is 4.26. The number of fused-ring (bicyclic) bond motifs is 1. The molecule has 0 amide bonds. The number of hydrogen-bond donors (Lipinski definition) is 1. The highest BCUT2D eigenvalue weighted by atomic mass is 32.2. The SMILES string of the molecule is COc1ccc(Sc2nc3ccccc3cc2CO)cc1. The number of benzene rings is 2. The molecular formula is C17H15NO2S. The maximum atomic E-state index is 9.56. The summed E-state index contributed by atoms with van der Waals surface area (Å²) in [5.41, 5.74) is 1.78. The molecule has 106 valence electrons. The van der Waals surface area contributed by atoms with Crippen LogP contribution in [0, 0.1) is 0 Å². The summed E-state index contributed by atoms with van der Waals surface area (Å²) in [7, 11) is 1.65. The lowest BCUT2D eigenvalue weighted by molar-refractivity contribution is 0.278. The van der Waals surface area contributed by atoms with Crippen LogP contribution < -0.4 is 4.74 Å². The van der Waals surface area contributed by atoms with Crippen LogP contribution in [-0.4, -0.2) is 17.2 Å². The minimum absolute atomic E-state index is 0.0175. The summed E-state index contributed by atoms with van der Waals surface area (Å²) in [6.45, 7) is -0.0175. The highest BCUT2D eigenvalue weighted by molar-refractivity contribution is 7.99. The van der Waals surface area contributed by atoms with Gasteiger partial charge in [-0.1, -0.05) is 30.0 Å². The quantitative estimate of drug-likeness (QED) is 0.793. The predicted molar refractivity (Wildman–Crippen MR) is 84.8 cm³/mol. The van der Waals surface area contributed by atoms with Gasteiger partial charge in [-0.05, 0) is 36.4 Å². The molecule has 0 aliphatic carbocycles. The van der Waals surface area contributed by atoms with E-state index in [0.717, 1.165) is 32.1 Å². The Morgan fingerprint density at radius 3 is 2.57 bits per heavy atom. The molecule has 21 heavy (non-hydrogen) atoms. The summed E-state index contributed by atoms with van der Waals surface area (Å²) in [5.74, 6) is 0.827. The zero-order chi connectivity index (χ0) is 14.7. The van der Waals surface area contributed by atoms with Gasteiger partial charge in [0.2, 0.25) is 0 Å². The lowest BCUT2D eigenvalue weighted by atomic mass is 10.2. The number of hydrogen-bond acceptors (Lipinski definition) is 4. The topological polar surface area (TPSA) is 42.4 Å². The number of aliphatic hydroxyl groups is 1. The largest absolute Gasteiger partial charge is 0.497 e. The van der Waals surface area contributed by atoms with Crippen molar-refractivity contribution in [2.24, 2.45) is 0 Å². The van der Waals surface area contributed by atoms with E-state index in [0.29, 0.717) is 0 Å². The summed E-state index contributed by atoms with van der Waals surface area (Å²) in [4.78, 5) is 5.72. The molecule has 0 radical (unpaired) electrons. The van der Waals surface area contributed by atoms with Crippen LogP contribution in [0.5, 0.6) is 5.75 Å². The predicted octanol–water partition coefficient (Wildman–Crippen LogP) is 3.89. The second-order valence-corrected chi connectivity index (χ2v) is 5.64. The molecule has 1 heterocycles. The fraction of sp³-hybridized carbons (Fsp3) is 0.118. The van der Waals surface area contributed by atoms with Crippen LogP contribution in [0.3, 0.4) is 0 Å². The van der Waals surface area contributed by atoms with Crippen molar-refractivity contribution in [2.45, 2.75) is 16.5 Å². The molecule has 0 bridgehead atoms. The number of aromatic nitrogens is 1. The van der Waals surface area contributed by atoms with Crippen LogP contribution >= 0.6 is 11.8 Å². The number of para-hydroxylation sites is 1. The standard InChI is InChI=1S/C17H15NO2S/c1-20-14-6-8-15(9-7-14)21-17-13(11-19)10-12-4-2-3-5-16(12)18-17/h2-10,19H,11H2,1H3. The fourth-order valence-electron chi connectivity index (χ4n) is 2.10. The Hall–Kier alpha value is -2.04. The lowest BCUT2D eigenvalue weighted by Crippen LogP contribution is -1.93. The lowest BCUT2D eigenvalue weighted by Gasteiger charge is -2.09. The first-order chi connectivity index (χ1) is 10.3. The van der Waals surface area contributed by atoms with E-state index in [9.17, 15) is 5.11 Å². The summed E-state index contributed by atoms with van der Waals surface area (Å²) >= 11 is 1.55. The van der Waals surface area contributed by atoms with Crippen LogP contribution in [0.15, 0.2) is 64.5 Å². The first-order valence-corrected chi connectivity index (χ1v) is 7.43. The molecule has 0 atom stereocenters. The maximum absolute atomic E-state index is 9.56. The molecule has 3 nitrogen and oxygen atoms in total. The van der Waals surface area contributed by atoms with Crippen LogP contribution in [0.4, 0.5) is 0 Å². The summed E-state index contributed by atoms with van der Waals surface area (Å²) < 4.78 is 5.16. The number of nitrogens with zero attached hydrogens (tertiary/aromatic N) is 1. The van der Waals surface area contributed by atoms with Gasteiger partial charge in [0, 0.05) is 15.8 Å². The number of pyridine rings is 1. The Morgan fingerprint density at radius 1 is 1.10 bits per heavy atom. The Labute approximate surface area is 127 Å². The van der Waals surface area contributed by atoms with Crippen LogP contribution in [-0.2, 0) is 6.61 Å². The first-order valence-electron chi connectivity index (χ1n) is 6.61. The molecule has 0 saturated heterocycles. The van der Waals surface area contributed by atoms with Gasteiger partial charge in [-0.3, -0.25) is 0 Å². The normalized spacial score (nSPS) is 10.8. The minimum Gasteiger partial charge on any atom is -0.497 e. The van der Waals surface area contributed by atoms with Gasteiger partial charge in [-0.15, -0.1) is 0 Å². The van der Waals surface area contributed by atoms with E-state index in [1.165, 1.54) is 0 Å². The van der Waals surface area contributed by atoms with E-state index in [-0.39, 0.29) is 6.61 Å². The molecule has 0 aliphatic rings. The van der Waals surface area contributed by atoms with Gasteiger partial charge in [0.05, 0.1) is 19.2 Å². The van der Waals surface area contributed by atoms with Crippen molar-refractivity contribution in [2.75, 3.05) is 7.11 Å². The van der Waals surface area contributed by atoms with Crippen molar-refractivity contribution in [3.63, 3.8) is 0 Å². The molecule has 3 aromatic rings. The van der Waals surface area contributed by atoms with Gasteiger partial charge in [0.1, 0.15) is 10.8 Å². The molecule has 0 aliphatic heterocycles. The molecule has 1 aromatic heterocycles.